The second-order valence-electron chi connectivity index (χ2n) is 9.99. The number of halogens is 2. The summed E-state index contributed by atoms with van der Waals surface area (Å²) in [5.41, 5.74) is 2.66. The average molecular weight is 560 g/mol. The van der Waals surface area contributed by atoms with Crippen LogP contribution in [-0.4, -0.2) is 21.1 Å². The number of hydrogen-bond acceptors (Lipinski definition) is 6. The van der Waals surface area contributed by atoms with Gasteiger partial charge < -0.3 is 9.47 Å². The lowest BCUT2D eigenvalue weighted by Gasteiger charge is -2.15. The van der Waals surface area contributed by atoms with Crippen molar-refractivity contribution in [1.82, 2.24) is 9.38 Å². The molecule has 4 aromatic rings. The summed E-state index contributed by atoms with van der Waals surface area (Å²) in [6.07, 6.45) is 3.14. The number of carbonyl (C=O) groups excluding carboxylic acids is 2. The van der Waals surface area contributed by atoms with Crippen LogP contribution in [0.3, 0.4) is 0 Å². The monoisotopic (exact) mass is 559 g/mol. The molecule has 0 radical (unpaired) electrons. The molecule has 0 saturated heterocycles. The van der Waals surface area contributed by atoms with Crippen molar-refractivity contribution in [3.8, 4) is 11.8 Å². The molecule has 2 aromatic carbocycles. The highest BCUT2D eigenvalue weighted by Gasteiger charge is 2.23. The van der Waals surface area contributed by atoms with Gasteiger partial charge in [0.2, 0.25) is 0 Å². The van der Waals surface area contributed by atoms with E-state index in [0.29, 0.717) is 35.6 Å². The van der Waals surface area contributed by atoms with Crippen LogP contribution >= 0.6 is 0 Å². The van der Waals surface area contributed by atoms with Crippen LogP contribution < -0.4 is 4.74 Å². The van der Waals surface area contributed by atoms with Gasteiger partial charge in [0.15, 0.2) is 17.2 Å². The van der Waals surface area contributed by atoms with Crippen LogP contribution in [0.15, 0.2) is 60.8 Å². The summed E-state index contributed by atoms with van der Waals surface area (Å²) in [7, 11) is 0. The fraction of sp³-hybridized carbons (Fsp3) is 0.312. The average Bonchev–Trinajstić information content (AvgIpc) is 3.29. The molecule has 0 saturated carbocycles. The van der Waals surface area contributed by atoms with Crippen LogP contribution in [0.5, 0.6) is 5.75 Å². The lowest BCUT2D eigenvalue weighted by molar-refractivity contribution is -0.146. The molecule has 0 amide bonds. The van der Waals surface area contributed by atoms with E-state index in [2.05, 4.69) is 11.1 Å². The van der Waals surface area contributed by atoms with Gasteiger partial charge in [-0.3, -0.25) is 14.0 Å². The van der Waals surface area contributed by atoms with Crippen molar-refractivity contribution >= 4 is 17.4 Å². The van der Waals surface area contributed by atoms with Crippen molar-refractivity contribution in [1.29, 1.82) is 5.26 Å². The number of imidazole rings is 1. The number of aryl methyl sites for hydroxylation is 2. The summed E-state index contributed by atoms with van der Waals surface area (Å²) >= 11 is 0. The fourth-order valence-electron chi connectivity index (χ4n) is 4.72. The van der Waals surface area contributed by atoms with E-state index in [4.69, 9.17) is 14.7 Å². The summed E-state index contributed by atoms with van der Waals surface area (Å²) < 4.78 is 41.1. The topological polar surface area (TPSA) is 93.7 Å². The number of nitrogens with zero attached hydrogens (tertiary/aromatic N) is 3. The molecular formula is C32H31F2N3O4. The van der Waals surface area contributed by atoms with Crippen LogP contribution in [0.4, 0.5) is 8.78 Å². The standard InChI is InChI=1S/C32H31F2N3O4/c1-21-16-29(40-20-25-26(33)11-6-12-27(25)34)32-36-22(2)31(37(32)18-21)28(38)14-13-23(10-7-15-35)17-30(39)41-19-24-8-4-3-5-9-24/h3-6,8-9,11-12,16,18,23H,7,10,13-14,17,19-20H2,1-2H3. The first-order chi connectivity index (χ1) is 19.8. The Morgan fingerprint density at radius 1 is 1.02 bits per heavy atom. The molecule has 41 heavy (non-hydrogen) atoms. The summed E-state index contributed by atoms with van der Waals surface area (Å²) in [4.78, 5) is 30.5. The van der Waals surface area contributed by atoms with E-state index in [1.165, 1.54) is 6.07 Å². The minimum atomic E-state index is -0.709. The second-order valence-corrected chi connectivity index (χ2v) is 9.99. The van der Waals surface area contributed by atoms with Crippen molar-refractivity contribution in [2.24, 2.45) is 5.92 Å². The Morgan fingerprint density at radius 3 is 2.46 bits per heavy atom. The highest BCUT2D eigenvalue weighted by Crippen LogP contribution is 2.28. The number of Topliss-reactive ketones (excluding diaryl/α,β-unsaturated/α-hetero) is 1. The zero-order valence-electron chi connectivity index (χ0n) is 23.0. The molecule has 2 heterocycles. The lowest BCUT2D eigenvalue weighted by Crippen LogP contribution is -2.14. The molecule has 4 rings (SSSR count). The lowest BCUT2D eigenvalue weighted by atomic mass is 9.92. The molecule has 9 heteroatoms. The van der Waals surface area contributed by atoms with Gasteiger partial charge in [-0.15, -0.1) is 0 Å². The van der Waals surface area contributed by atoms with Gasteiger partial charge in [-0.1, -0.05) is 36.4 Å². The number of ether oxygens (including phenoxy) is 2. The fourth-order valence-corrected chi connectivity index (χ4v) is 4.72. The van der Waals surface area contributed by atoms with Gasteiger partial charge >= 0.3 is 5.97 Å². The van der Waals surface area contributed by atoms with Crippen molar-refractivity contribution in [2.45, 2.75) is 59.2 Å². The van der Waals surface area contributed by atoms with Gasteiger partial charge in [-0.2, -0.15) is 5.26 Å². The summed E-state index contributed by atoms with van der Waals surface area (Å²) in [6.45, 7) is 3.36. The van der Waals surface area contributed by atoms with Crippen LogP contribution in [0, 0.1) is 42.7 Å². The van der Waals surface area contributed by atoms with E-state index in [9.17, 15) is 18.4 Å². The third-order valence-electron chi connectivity index (χ3n) is 6.84. The smallest absolute Gasteiger partial charge is 0.306 e. The van der Waals surface area contributed by atoms with Gasteiger partial charge in [-0.25, -0.2) is 13.8 Å². The van der Waals surface area contributed by atoms with Gasteiger partial charge in [-0.05, 0) is 61.9 Å². The molecule has 0 bridgehead atoms. The third kappa shape index (κ3) is 7.54. The minimum Gasteiger partial charge on any atom is -0.485 e. The van der Waals surface area contributed by atoms with Crippen LogP contribution in [0.2, 0.25) is 0 Å². The van der Waals surface area contributed by atoms with Gasteiger partial charge in [0.25, 0.3) is 0 Å². The van der Waals surface area contributed by atoms with Crippen LogP contribution in [-0.2, 0) is 22.7 Å². The molecule has 0 fully saturated rings. The van der Waals surface area contributed by atoms with Gasteiger partial charge in [0.05, 0.1) is 17.3 Å². The maximum Gasteiger partial charge on any atom is 0.306 e. The predicted molar refractivity (Wildman–Crippen MR) is 148 cm³/mol. The number of fused-ring (bicyclic) bond motifs is 1. The number of nitriles is 1. The Bertz CT molecular complexity index is 1560. The quantitative estimate of drug-likeness (QED) is 0.132. The van der Waals surface area contributed by atoms with Crippen molar-refractivity contribution in [3.63, 3.8) is 0 Å². The first-order valence-electron chi connectivity index (χ1n) is 13.4. The molecular weight excluding hydrogens is 528 g/mol. The summed E-state index contributed by atoms with van der Waals surface area (Å²) in [5, 5.41) is 9.08. The predicted octanol–water partition coefficient (Wildman–Crippen LogP) is 6.82. The van der Waals surface area contributed by atoms with Crippen molar-refractivity contribution in [3.05, 3.63) is 101 Å². The number of esters is 1. The van der Waals surface area contributed by atoms with Gasteiger partial charge in [0, 0.05) is 25.5 Å². The van der Waals surface area contributed by atoms with E-state index < -0.39 is 11.6 Å². The molecule has 2 aromatic heterocycles. The van der Waals surface area contributed by atoms with Crippen LogP contribution in [0.25, 0.3) is 5.65 Å². The molecule has 0 aliphatic heterocycles. The first kappa shape index (κ1) is 29.4. The molecule has 0 N–H and O–H groups in total. The van der Waals surface area contributed by atoms with E-state index >= 15 is 0 Å². The zero-order valence-corrected chi connectivity index (χ0v) is 23.0. The molecule has 1 unspecified atom stereocenters. The number of benzene rings is 2. The van der Waals surface area contributed by atoms with E-state index in [0.717, 1.165) is 23.3 Å². The number of carbonyl (C=O) groups is 2. The summed E-state index contributed by atoms with van der Waals surface area (Å²) in [5.74, 6) is -1.87. The molecule has 1 atom stereocenters. The molecule has 212 valence electrons. The van der Waals surface area contributed by atoms with E-state index in [1.54, 1.807) is 23.6 Å². The Morgan fingerprint density at radius 2 is 1.76 bits per heavy atom. The molecule has 0 aliphatic carbocycles. The number of aromatic nitrogens is 2. The Labute approximate surface area is 237 Å². The maximum atomic E-state index is 14.1. The molecule has 7 nitrogen and oxygen atoms in total. The zero-order chi connectivity index (χ0) is 29.4. The largest absolute Gasteiger partial charge is 0.485 e. The Balaban J connectivity index is 1.46. The number of hydrogen-bond donors (Lipinski definition) is 0. The molecule has 0 spiro atoms. The van der Waals surface area contributed by atoms with Crippen molar-refractivity contribution < 1.29 is 27.8 Å². The SMILES string of the molecule is Cc1cc(OCc2c(F)cccc2F)c2nc(C)c(C(=O)CCC(CCC#N)CC(=O)OCc3ccccc3)n2c1. The number of ketones is 1. The highest BCUT2D eigenvalue weighted by molar-refractivity contribution is 5.96. The minimum absolute atomic E-state index is 0.109. The number of pyridine rings is 1. The number of rotatable bonds is 13. The van der Waals surface area contributed by atoms with Crippen LogP contribution in [0.1, 0.15) is 65.0 Å². The van der Waals surface area contributed by atoms with E-state index in [-0.39, 0.29) is 55.7 Å². The summed E-state index contributed by atoms with van der Waals surface area (Å²) in [6, 6.07) is 16.8. The van der Waals surface area contributed by atoms with Gasteiger partial charge in [0.1, 0.15) is 30.5 Å². The Hall–Kier alpha value is -4.58. The normalized spacial score (nSPS) is 11.7. The Kier molecular flexibility index (Phi) is 9.80. The third-order valence-corrected chi connectivity index (χ3v) is 6.84. The molecule has 0 aliphatic rings. The maximum absolute atomic E-state index is 14.1. The van der Waals surface area contributed by atoms with E-state index in [1.807, 2.05) is 37.3 Å². The highest BCUT2D eigenvalue weighted by atomic mass is 19.1. The van der Waals surface area contributed by atoms with Crippen molar-refractivity contribution in [2.75, 3.05) is 0 Å². The second kappa shape index (κ2) is 13.7. The first-order valence-corrected chi connectivity index (χ1v) is 13.4.